The van der Waals surface area contributed by atoms with Gasteiger partial charge in [0, 0.05) is 18.8 Å². The molecule has 11 nitrogen and oxygen atoms in total. The first kappa shape index (κ1) is 30.1. The van der Waals surface area contributed by atoms with Crippen LogP contribution in [0.5, 0.6) is 0 Å². The monoisotopic (exact) mass is 592 g/mol. The topological polar surface area (TPSA) is 148 Å². The van der Waals surface area contributed by atoms with E-state index in [-0.39, 0.29) is 35.2 Å². The van der Waals surface area contributed by atoms with Crippen LogP contribution in [0.1, 0.15) is 57.2 Å². The molecule has 1 unspecified atom stereocenters. The Morgan fingerprint density at radius 2 is 2.02 bits per heavy atom. The predicted molar refractivity (Wildman–Crippen MR) is 154 cm³/mol. The third kappa shape index (κ3) is 7.88. The molecule has 1 fully saturated rings. The number of fused-ring (bicyclic) bond motifs is 1. The van der Waals surface area contributed by atoms with Crippen LogP contribution in [0.2, 0.25) is 0 Å². The van der Waals surface area contributed by atoms with E-state index in [4.69, 9.17) is 19.4 Å². The molecule has 1 amide bonds. The zero-order valence-electron chi connectivity index (χ0n) is 22.7. The lowest BCUT2D eigenvalue weighted by Gasteiger charge is -2.18. The summed E-state index contributed by atoms with van der Waals surface area (Å²) in [5.74, 6) is -0.537. The van der Waals surface area contributed by atoms with E-state index in [0.717, 1.165) is 6.42 Å². The maximum absolute atomic E-state index is 13.4. The van der Waals surface area contributed by atoms with Gasteiger partial charge in [0.25, 0.3) is 5.91 Å². The molecule has 4 rings (SSSR count). The number of aliphatic hydroxyl groups is 1. The Morgan fingerprint density at radius 1 is 1.25 bits per heavy atom. The van der Waals surface area contributed by atoms with E-state index >= 15 is 0 Å². The lowest BCUT2D eigenvalue weighted by molar-refractivity contribution is -0.110. The van der Waals surface area contributed by atoms with Gasteiger partial charge in [-0.05, 0) is 63.3 Å². The molecular weight excluding hydrogens is 556 g/mol. The minimum atomic E-state index is -3.36. The van der Waals surface area contributed by atoms with Crippen LogP contribution < -0.4 is 10.6 Å². The fourth-order valence-electron chi connectivity index (χ4n) is 4.01. The Kier molecular flexibility index (Phi) is 10.7. The first-order chi connectivity index (χ1) is 19.3. The Hall–Kier alpha value is -2.84. The summed E-state index contributed by atoms with van der Waals surface area (Å²) >= 11 is 1.24. The molecule has 2 atom stereocenters. The van der Waals surface area contributed by atoms with Gasteiger partial charge in [-0.3, -0.25) is 10.1 Å². The molecule has 2 heterocycles. The highest BCUT2D eigenvalue weighted by molar-refractivity contribution is 7.92. The molecule has 0 spiro atoms. The fraction of sp³-hybridized carbons (Fsp3) is 0.519. The minimum absolute atomic E-state index is 0.0134. The standard InChI is InChI=1S/C27H36N4O7S2/c1-3-19(6-5-16-36-4-2)38-31-24(18-7-9-20(10-8-18)40(34,35)21-11-12-21)25(33)30-27-28-22-13-14-23(37-17-15-32)29-26(22)39-27/h7-10,13-14,19,21,23,29,32H,3-6,11-12,15-17H2,1-2H3,(H,28,30,33)/b31-24+/t19-,23?/m0/s1. The zero-order chi connectivity index (χ0) is 28.5. The number of thiazole rings is 1. The maximum atomic E-state index is 13.4. The smallest absolute Gasteiger partial charge is 0.280 e. The molecule has 0 radical (unpaired) electrons. The number of sulfone groups is 1. The maximum Gasteiger partial charge on any atom is 0.280 e. The van der Waals surface area contributed by atoms with Crippen LogP contribution in [0.3, 0.4) is 0 Å². The molecule has 1 aliphatic heterocycles. The van der Waals surface area contributed by atoms with Gasteiger partial charge in [0.15, 0.2) is 20.7 Å². The Morgan fingerprint density at radius 3 is 2.70 bits per heavy atom. The van der Waals surface area contributed by atoms with Crippen LogP contribution in [-0.2, 0) is 28.9 Å². The lowest BCUT2D eigenvalue weighted by Crippen LogP contribution is -2.25. The molecule has 0 saturated heterocycles. The van der Waals surface area contributed by atoms with Crippen molar-refractivity contribution in [3.05, 3.63) is 41.6 Å². The number of aromatic nitrogens is 1. The van der Waals surface area contributed by atoms with Crippen LogP contribution >= 0.6 is 11.3 Å². The summed E-state index contributed by atoms with van der Waals surface area (Å²) in [6.45, 7) is 5.29. The average molecular weight is 593 g/mol. The minimum Gasteiger partial charge on any atom is -0.394 e. The number of carbonyl (C=O) groups is 1. The van der Waals surface area contributed by atoms with Crippen molar-refractivity contribution in [2.75, 3.05) is 37.1 Å². The van der Waals surface area contributed by atoms with Crippen molar-refractivity contribution >= 4 is 49.0 Å². The number of anilines is 2. The normalized spacial score (nSPS) is 17.7. The molecule has 0 bridgehead atoms. The van der Waals surface area contributed by atoms with Crippen LogP contribution in [0.25, 0.3) is 6.08 Å². The average Bonchev–Trinajstić information content (AvgIpc) is 3.75. The number of ether oxygens (including phenoxy) is 2. The highest BCUT2D eigenvalue weighted by Crippen LogP contribution is 2.34. The van der Waals surface area contributed by atoms with Crippen molar-refractivity contribution in [2.24, 2.45) is 5.16 Å². The third-order valence-corrected chi connectivity index (χ3v) is 9.56. The molecule has 2 aromatic rings. The molecule has 40 heavy (non-hydrogen) atoms. The van der Waals surface area contributed by atoms with Crippen LogP contribution in [0.4, 0.5) is 10.1 Å². The number of carbonyl (C=O) groups excluding carboxylic acids is 1. The number of hydrogen-bond acceptors (Lipinski definition) is 11. The third-order valence-electron chi connectivity index (χ3n) is 6.37. The number of nitrogens with zero attached hydrogens (tertiary/aromatic N) is 2. The van der Waals surface area contributed by atoms with Crippen LogP contribution in [0.15, 0.2) is 40.4 Å². The molecular formula is C27H36N4O7S2. The zero-order valence-corrected chi connectivity index (χ0v) is 24.3. The molecule has 13 heteroatoms. The first-order valence-corrected chi connectivity index (χ1v) is 15.9. The van der Waals surface area contributed by atoms with E-state index < -0.39 is 22.0 Å². The van der Waals surface area contributed by atoms with E-state index in [2.05, 4.69) is 20.8 Å². The van der Waals surface area contributed by atoms with E-state index in [9.17, 15) is 13.2 Å². The number of oxime groups is 1. The molecule has 2 aliphatic rings. The van der Waals surface area contributed by atoms with Gasteiger partial charge in [-0.2, -0.15) is 0 Å². The first-order valence-electron chi connectivity index (χ1n) is 13.5. The summed E-state index contributed by atoms with van der Waals surface area (Å²) < 4.78 is 36.2. The van der Waals surface area contributed by atoms with Crippen molar-refractivity contribution in [1.82, 2.24) is 4.98 Å². The Bertz CT molecular complexity index is 1300. The van der Waals surface area contributed by atoms with Gasteiger partial charge in [0.2, 0.25) is 0 Å². The van der Waals surface area contributed by atoms with Crippen LogP contribution in [-0.4, -0.2) is 74.1 Å². The quantitative estimate of drug-likeness (QED) is 0.150. The summed E-state index contributed by atoms with van der Waals surface area (Å²) in [7, 11) is -3.36. The van der Waals surface area contributed by atoms with Gasteiger partial charge >= 0.3 is 0 Å². The summed E-state index contributed by atoms with van der Waals surface area (Å²) in [6.07, 6.45) is 6.48. The predicted octanol–water partition coefficient (Wildman–Crippen LogP) is 3.81. The van der Waals surface area contributed by atoms with Gasteiger partial charge < -0.3 is 24.7 Å². The largest absolute Gasteiger partial charge is 0.394 e. The van der Waals surface area contributed by atoms with E-state index in [1.807, 2.05) is 13.8 Å². The molecule has 1 aromatic carbocycles. The van der Waals surface area contributed by atoms with Gasteiger partial charge in [-0.25, -0.2) is 13.4 Å². The van der Waals surface area contributed by atoms with Crippen molar-refractivity contribution in [3.63, 3.8) is 0 Å². The Balaban J connectivity index is 1.52. The van der Waals surface area contributed by atoms with E-state index in [1.54, 1.807) is 24.3 Å². The van der Waals surface area contributed by atoms with Crippen molar-refractivity contribution in [3.8, 4) is 0 Å². The summed E-state index contributed by atoms with van der Waals surface area (Å²) in [5, 5.41) is 19.9. The highest BCUT2D eigenvalue weighted by atomic mass is 32.2. The van der Waals surface area contributed by atoms with Crippen molar-refractivity contribution < 1.29 is 32.6 Å². The number of aliphatic hydroxyl groups excluding tert-OH is 1. The molecule has 1 saturated carbocycles. The van der Waals surface area contributed by atoms with Gasteiger partial charge in [0.1, 0.15) is 17.3 Å². The number of benzene rings is 1. The lowest BCUT2D eigenvalue weighted by atomic mass is 10.1. The second kappa shape index (κ2) is 14.2. The molecule has 1 aliphatic carbocycles. The number of amides is 1. The summed E-state index contributed by atoms with van der Waals surface area (Å²) in [5.41, 5.74) is 1.08. The van der Waals surface area contributed by atoms with E-state index in [0.29, 0.717) is 60.3 Å². The van der Waals surface area contributed by atoms with Gasteiger partial charge in [-0.15, -0.1) is 0 Å². The number of nitrogens with one attached hydrogen (secondary N) is 2. The summed E-state index contributed by atoms with van der Waals surface area (Å²) in [6, 6.07) is 6.17. The van der Waals surface area contributed by atoms with Crippen molar-refractivity contribution in [1.29, 1.82) is 0 Å². The second-order valence-electron chi connectivity index (χ2n) is 9.39. The van der Waals surface area contributed by atoms with Gasteiger partial charge in [0.05, 0.1) is 29.1 Å². The Labute approximate surface area is 238 Å². The number of rotatable bonds is 16. The molecule has 218 valence electrons. The molecule has 1 aromatic heterocycles. The van der Waals surface area contributed by atoms with Crippen molar-refractivity contribution in [2.45, 2.75) is 68.4 Å². The molecule has 3 N–H and O–H groups in total. The number of hydrogen-bond donors (Lipinski definition) is 3. The van der Waals surface area contributed by atoms with Gasteiger partial charge in [-0.1, -0.05) is 35.5 Å². The highest BCUT2D eigenvalue weighted by Gasteiger charge is 2.36. The fourth-order valence-corrected chi connectivity index (χ4v) is 6.54. The summed E-state index contributed by atoms with van der Waals surface area (Å²) in [4.78, 5) is 23.9. The van der Waals surface area contributed by atoms with Crippen LogP contribution in [0, 0.1) is 0 Å². The second-order valence-corrected chi connectivity index (χ2v) is 12.6. The van der Waals surface area contributed by atoms with E-state index in [1.165, 1.54) is 23.5 Å². The SMILES string of the molecule is CCOCCC[C@H](CC)O/N=C(/C(=O)Nc1nc2c(s1)NC(OCCO)C=C2)c1ccc(S(=O)(=O)C2CC2)cc1.